The van der Waals surface area contributed by atoms with Crippen molar-refractivity contribution in [3.63, 3.8) is 0 Å². The molecule has 0 aliphatic carbocycles. The molecule has 2 heterocycles. The lowest BCUT2D eigenvalue weighted by Crippen LogP contribution is -2.11. The standard InChI is InChI=1S/C15H11F2N3O2S3/c16-13(17)22-10-5-3-9(4-6-10)12(21)18-14-19-20-15(25-14)24-8-11-2-1-7-23-11/h1-7,13H,8H2,(H,18,19,21). The van der Waals surface area contributed by atoms with Crippen LogP contribution in [0.3, 0.4) is 0 Å². The van der Waals surface area contributed by atoms with Crippen LogP contribution in [0.5, 0.6) is 5.75 Å². The molecule has 1 aromatic carbocycles. The van der Waals surface area contributed by atoms with E-state index in [1.165, 1.54) is 40.5 Å². The number of carbonyl (C=O) groups excluding carboxylic acids is 1. The van der Waals surface area contributed by atoms with Gasteiger partial charge in [-0.2, -0.15) is 8.78 Å². The minimum absolute atomic E-state index is 0.00488. The molecule has 0 radical (unpaired) electrons. The molecule has 0 aliphatic rings. The minimum Gasteiger partial charge on any atom is -0.435 e. The highest BCUT2D eigenvalue weighted by Crippen LogP contribution is 2.29. The van der Waals surface area contributed by atoms with E-state index in [9.17, 15) is 13.6 Å². The molecule has 0 saturated heterocycles. The molecule has 0 aliphatic heterocycles. The Kier molecular flexibility index (Phi) is 5.95. The summed E-state index contributed by atoms with van der Waals surface area (Å²) in [4.78, 5) is 13.4. The maximum absolute atomic E-state index is 12.1. The van der Waals surface area contributed by atoms with Gasteiger partial charge in [-0.25, -0.2) is 0 Å². The SMILES string of the molecule is O=C(Nc1nnc(SCc2cccs2)s1)c1ccc(OC(F)F)cc1. The number of amides is 1. The van der Waals surface area contributed by atoms with Gasteiger partial charge >= 0.3 is 6.61 Å². The third-order valence-electron chi connectivity index (χ3n) is 2.89. The second-order valence-corrected chi connectivity index (χ2v) is 7.83. The summed E-state index contributed by atoms with van der Waals surface area (Å²) in [5, 5.41) is 13.0. The van der Waals surface area contributed by atoms with E-state index in [1.54, 1.807) is 23.1 Å². The first-order valence-electron chi connectivity index (χ1n) is 6.95. The van der Waals surface area contributed by atoms with Crippen molar-refractivity contribution in [2.24, 2.45) is 0 Å². The second-order valence-electron chi connectivity index (χ2n) is 4.60. The number of halogens is 2. The minimum atomic E-state index is -2.90. The molecule has 3 rings (SSSR count). The molecule has 0 atom stereocenters. The zero-order valence-corrected chi connectivity index (χ0v) is 15.0. The van der Waals surface area contributed by atoms with Crippen LogP contribution in [0.25, 0.3) is 0 Å². The van der Waals surface area contributed by atoms with E-state index in [-0.39, 0.29) is 5.75 Å². The van der Waals surface area contributed by atoms with Crippen molar-refractivity contribution in [2.75, 3.05) is 5.32 Å². The molecule has 0 spiro atoms. The van der Waals surface area contributed by atoms with Gasteiger partial charge < -0.3 is 4.74 Å². The van der Waals surface area contributed by atoms with Crippen LogP contribution in [0.2, 0.25) is 0 Å². The van der Waals surface area contributed by atoms with Gasteiger partial charge in [-0.15, -0.1) is 21.5 Å². The van der Waals surface area contributed by atoms with Crippen LogP contribution in [0.1, 0.15) is 15.2 Å². The smallest absolute Gasteiger partial charge is 0.387 e. The number of alkyl halides is 2. The molecule has 130 valence electrons. The van der Waals surface area contributed by atoms with E-state index in [0.717, 1.165) is 10.1 Å². The van der Waals surface area contributed by atoms with Crippen LogP contribution in [-0.2, 0) is 5.75 Å². The zero-order chi connectivity index (χ0) is 17.6. The Balaban J connectivity index is 1.55. The van der Waals surface area contributed by atoms with Crippen molar-refractivity contribution in [3.8, 4) is 5.75 Å². The van der Waals surface area contributed by atoms with Crippen LogP contribution in [-0.4, -0.2) is 22.7 Å². The van der Waals surface area contributed by atoms with Crippen molar-refractivity contribution in [3.05, 3.63) is 52.2 Å². The molecule has 0 saturated carbocycles. The highest BCUT2D eigenvalue weighted by molar-refractivity contribution is 8.00. The third kappa shape index (κ3) is 5.21. The Morgan fingerprint density at radius 2 is 2.04 bits per heavy atom. The Labute approximate surface area is 154 Å². The second kappa shape index (κ2) is 8.37. The van der Waals surface area contributed by atoms with Gasteiger partial charge in [-0.3, -0.25) is 10.1 Å². The molecule has 0 bridgehead atoms. The molecular formula is C15H11F2N3O2S3. The number of aromatic nitrogens is 2. The first kappa shape index (κ1) is 17.8. The van der Waals surface area contributed by atoms with Gasteiger partial charge in [0, 0.05) is 16.2 Å². The van der Waals surface area contributed by atoms with Gasteiger partial charge in [0.25, 0.3) is 5.91 Å². The molecule has 2 aromatic heterocycles. The van der Waals surface area contributed by atoms with E-state index >= 15 is 0 Å². The third-order valence-corrected chi connectivity index (χ3v) is 5.97. The fraction of sp³-hybridized carbons (Fsp3) is 0.133. The number of hydrogen-bond donors (Lipinski definition) is 1. The van der Waals surface area contributed by atoms with Crippen molar-refractivity contribution in [1.29, 1.82) is 0 Å². The molecule has 0 unspecified atom stereocenters. The number of ether oxygens (including phenoxy) is 1. The van der Waals surface area contributed by atoms with E-state index in [1.807, 2.05) is 17.5 Å². The molecular weight excluding hydrogens is 388 g/mol. The van der Waals surface area contributed by atoms with Crippen LogP contribution < -0.4 is 10.1 Å². The number of carbonyl (C=O) groups is 1. The van der Waals surface area contributed by atoms with Crippen molar-refractivity contribution >= 4 is 45.5 Å². The summed E-state index contributed by atoms with van der Waals surface area (Å²) in [6.45, 7) is -2.90. The number of nitrogens with one attached hydrogen (secondary N) is 1. The van der Waals surface area contributed by atoms with Gasteiger partial charge in [0.05, 0.1) is 0 Å². The highest BCUT2D eigenvalue weighted by Gasteiger charge is 2.12. The topological polar surface area (TPSA) is 64.1 Å². The van der Waals surface area contributed by atoms with Gasteiger partial charge in [-0.05, 0) is 35.7 Å². The van der Waals surface area contributed by atoms with E-state index in [0.29, 0.717) is 10.7 Å². The normalized spacial score (nSPS) is 10.8. The van der Waals surface area contributed by atoms with Crippen LogP contribution in [0, 0.1) is 0 Å². The predicted octanol–water partition coefficient (Wildman–Crippen LogP) is 4.75. The molecule has 25 heavy (non-hydrogen) atoms. The summed E-state index contributed by atoms with van der Waals surface area (Å²) in [5.41, 5.74) is 0.310. The Morgan fingerprint density at radius 3 is 2.72 bits per heavy atom. The van der Waals surface area contributed by atoms with Gasteiger partial charge in [0.1, 0.15) is 5.75 Å². The summed E-state index contributed by atoms with van der Waals surface area (Å²) < 4.78 is 29.2. The zero-order valence-electron chi connectivity index (χ0n) is 12.5. The Morgan fingerprint density at radius 1 is 1.24 bits per heavy atom. The quantitative estimate of drug-likeness (QED) is 0.459. The first-order valence-corrected chi connectivity index (χ1v) is 9.63. The summed E-state index contributed by atoms with van der Waals surface area (Å²) in [6.07, 6.45) is 0. The van der Waals surface area contributed by atoms with Gasteiger partial charge in [0.15, 0.2) is 4.34 Å². The van der Waals surface area contributed by atoms with Crippen molar-refractivity contribution < 1.29 is 18.3 Å². The molecule has 10 heteroatoms. The average Bonchev–Trinajstić information content (AvgIpc) is 3.24. The lowest BCUT2D eigenvalue weighted by molar-refractivity contribution is -0.0498. The maximum atomic E-state index is 12.1. The van der Waals surface area contributed by atoms with E-state index in [4.69, 9.17) is 0 Å². The van der Waals surface area contributed by atoms with E-state index in [2.05, 4.69) is 20.3 Å². The lowest BCUT2D eigenvalue weighted by atomic mass is 10.2. The number of thiophene rings is 1. The Bertz CT molecular complexity index is 823. The average molecular weight is 399 g/mol. The number of rotatable bonds is 7. The molecule has 0 fully saturated rings. The monoisotopic (exact) mass is 399 g/mol. The van der Waals surface area contributed by atoms with Crippen LogP contribution in [0.15, 0.2) is 46.1 Å². The van der Waals surface area contributed by atoms with E-state index < -0.39 is 12.5 Å². The fourth-order valence-electron chi connectivity index (χ4n) is 1.80. The summed E-state index contributed by atoms with van der Waals surface area (Å²) in [6, 6.07) is 9.46. The highest BCUT2D eigenvalue weighted by atomic mass is 32.2. The van der Waals surface area contributed by atoms with Gasteiger partial charge in [0.2, 0.25) is 5.13 Å². The predicted molar refractivity (Wildman–Crippen MR) is 94.8 cm³/mol. The molecule has 1 amide bonds. The molecule has 3 aromatic rings. The van der Waals surface area contributed by atoms with Crippen LogP contribution >= 0.6 is 34.4 Å². The maximum Gasteiger partial charge on any atom is 0.387 e. The fourth-order valence-corrected chi connectivity index (χ4v) is 4.32. The largest absolute Gasteiger partial charge is 0.435 e. The molecule has 5 nitrogen and oxygen atoms in total. The number of benzene rings is 1. The summed E-state index contributed by atoms with van der Waals surface area (Å²) >= 11 is 4.50. The number of nitrogens with zero attached hydrogens (tertiary/aromatic N) is 2. The van der Waals surface area contributed by atoms with Crippen LogP contribution in [0.4, 0.5) is 13.9 Å². The lowest BCUT2D eigenvalue weighted by Gasteiger charge is -2.05. The van der Waals surface area contributed by atoms with Gasteiger partial charge in [-0.1, -0.05) is 29.2 Å². The number of hydrogen-bond acceptors (Lipinski definition) is 7. The first-order chi connectivity index (χ1) is 12.1. The molecule has 1 N–H and O–H groups in total. The number of thioether (sulfide) groups is 1. The van der Waals surface area contributed by atoms with Crippen molar-refractivity contribution in [2.45, 2.75) is 16.7 Å². The summed E-state index contributed by atoms with van der Waals surface area (Å²) in [7, 11) is 0. The van der Waals surface area contributed by atoms with Crippen molar-refractivity contribution in [1.82, 2.24) is 10.2 Å². The number of anilines is 1. The summed E-state index contributed by atoms with van der Waals surface area (Å²) in [5.74, 6) is 0.399. The Hall–Kier alpha value is -2.04.